The van der Waals surface area contributed by atoms with E-state index in [0.717, 1.165) is 28.7 Å². The summed E-state index contributed by atoms with van der Waals surface area (Å²) in [5, 5.41) is 2.99. The van der Waals surface area contributed by atoms with Gasteiger partial charge < -0.3 is 10.1 Å². The fourth-order valence-electron chi connectivity index (χ4n) is 4.50. The average molecular weight is 465 g/mol. The van der Waals surface area contributed by atoms with Gasteiger partial charge in [-0.05, 0) is 92.8 Å². The monoisotopic (exact) mass is 464 g/mol. The smallest absolute Gasteiger partial charge is 0.264 e. The van der Waals surface area contributed by atoms with Gasteiger partial charge in [0, 0.05) is 17.8 Å². The zero-order valence-corrected chi connectivity index (χ0v) is 20.1. The predicted molar refractivity (Wildman–Crippen MR) is 131 cm³/mol. The molecule has 0 spiro atoms. The molecule has 0 aromatic heterocycles. The Morgan fingerprint density at radius 1 is 0.970 bits per heavy atom. The van der Waals surface area contributed by atoms with E-state index in [1.165, 1.54) is 4.31 Å². The summed E-state index contributed by atoms with van der Waals surface area (Å²) >= 11 is 0. The van der Waals surface area contributed by atoms with Gasteiger partial charge >= 0.3 is 0 Å². The first-order valence-corrected chi connectivity index (χ1v) is 12.3. The standard InChI is InChI=1S/C26H28N2O4S/c1-17-14-18(2)25(19(3)15-17)26(29)27-21-7-12-24-20(16-21)6-5-13-28(24)33(30,31)23-10-8-22(32-4)9-11-23/h7-12,14-16H,5-6,13H2,1-4H3,(H,27,29). The first kappa shape index (κ1) is 22.9. The number of aryl methyl sites for hydroxylation is 4. The van der Waals surface area contributed by atoms with Crippen LogP contribution < -0.4 is 14.4 Å². The van der Waals surface area contributed by atoms with Crippen LogP contribution in [0.1, 0.15) is 39.0 Å². The predicted octanol–water partition coefficient (Wildman–Crippen LogP) is 5.01. The van der Waals surface area contributed by atoms with E-state index in [4.69, 9.17) is 4.74 Å². The minimum absolute atomic E-state index is 0.163. The van der Waals surface area contributed by atoms with Crippen molar-refractivity contribution >= 4 is 27.3 Å². The van der Waals surface area contributed by atoms with E-state index < -0.39 is 10.0 Å². The Morgan fingerprint density at radius 3 is 2.27 bits per heavy atom. The fraction of sp³-hybridized carbons (Fsp3) is 0.269. The lowest BCUT2D eigenvalue weighted by atomic mass is 9.99. The molecule has 3 aromatic rings. The van der Waals surface area contributed by atoms with Crippen LogP contribution in [0.25, 0.3) is 0 Å². The summed E-state index contributed by atoms with van der Waals surface area (Å²) in [5.41, 5.74) is 5.85. The lowest BCUT2D eigenvalue weighted by molar-refractivity contribution is 0.102. The molecule has 1 N–H and O–H groups in total. The zero-order chi connectivity index (χ0) is 23.8. The van der Waals surface area contributed by atoms with Crippen molar-refractivity contribution in [3.8, 4) is 5.75 Å². The second kappa shape index (κ2) is 8.90. The van der Waals surface area contributed by atoms with Gasteiger partial charge in [-0.15, -0.1) is 0 Å². The summed E-state index contributed by atoms with van der Waals surface area (Å²) in [6.07, 6.45) is 1.45. The Bertz CT molecular complexity index is 1290. The van der Waals surface area contributed by atoms with Crippen molar-refractivity contribution in [3.63, 3.8) is 0 Å². The van der Waals surface area contributed by atoms with Crippen molar-refractivity contribution in [2.75, 3.05) is 23.3 Å². The maximum atomic E-state index is 13.3. The van der Waals surface area contributed by atoms with Crippen molar-refractivity contribution in [1.29, 1.82) is 0 Å². The average Bonchev–Trinajstić information content (AvgIpc) is 2.77. The molecular formula is C26H28N2O4S. The number of nitrogens with zero attached hydrogens (tertiary/aromatic N) is 1. The summed E-state index contributed by atoms with van der Waals surface area (Å²) in [5.74, 6) is 0.441. The Morgan fingerprint density at radius 2 is 1.64 bits per heavy atom. The lowest BCUT2D eigenvalue weighted by Crippen LogP contribution is -2.35. The number of rotatable bonds is 5. The molecule has 4 rings (SSSR count). The molecule has 0 radical (unpaired) electrons. The van der Waals surface area contributed by atoms with Crippen LogP contribution >= 0.6 is 0 Å². The molecule has 1 aliphatic heterocycles. The topological polar surface area (TPSA) is 75.7 Å². The van der Waals surface area contributed by atoms with Crippen molar-refractivity contribution in [2.24, 2.45) is 0 Å². The van der Waals surface area contributed by atoms with E-state index in [9.17, 15) is 13.2 Å². The molecule has 7 heteroatoms. The number of anilines is 2. The summed E-state index contributed by atoms with van der Waals surface area (Å²) < 4.78 is 33.2. The van der Waals surface area contributed by atoms with Gasteiger partial charge in [-0.1, -0.05) is 17.7 Å². The first-order valence-electron chi connectivity index (χ1n) is 10.9. The SMILES string of the molecule is COc1ccc(S(=O)(=O)N2CCCc3cc(NC(=O)c4c(C)cc(C)cc4C)ccc32)cc1. The molecule has 0 aliphatic carbocycles. The summed E-state index contributed by atoms with van der Waals surface area (Å²) in [6, 6.07) is 15.8. The summed E-state index contributed by atoms with van der Waals surface area (Å²) in [4.78, 5) is 13.2. The van der Waals surface area contributed by atoms with Crippen LogP contribution in [0.4, 0.5) is 11.4 Å². The minimum Gasteiger partial charge on any atom is -0.497 e. The molecule has 1 aliphatic rings. The van der Waals surface area contributed by atoms with Crippen LogP contribution in [0, 0.1) is 20.8 Å². The normalized spacial score (nSPS) is 13.4. The van der Waals surface area contributed by atoms with E-state index in [1.54, 1.807) is 43.5 Å². The number of benzene rings is 3. The number of sulfonamides is 1. The van der Waals surface area contributed by atoms with Gasteiger partial charge in [0.15, 0.2) is 0 Å². The van der Waals surface area contributed by atoms with Crippen LogP contribution in [-0.4, -0.2) is 28.0 Å². The zero-order valence-electron chi connectivity index (χ0n) is 19.3. The quantitative estimate of drug-likeness (QED) is 0.576. The van der Waals surface area contributed by atoms with Crippen molar-refractivity contribution < 1.29 is 17.9 Å². The Kier molecular flexibility index (Phi) is 6.17. The van der Waals surface area contributed by atoms with E-state index in [-0.39, 0.29) is 10.8 Å². The maximum absolute atomic E-state index is 13.3. The number of methoxy groups -OCH3 is 1. The Labute approximate surface area is 195 Å². The highest BCUT2D eigenvalue weighted by Crippen LogP contribution is 2.34. The van der Waals surface area contributed by atoms with Crippen LogP contribution in [0.2, 0.25) is 0 Å². The van der Waals surface area contributed by atoms with Gasteiger partial charge in [-0.2, -0.15) is 0 Å². The molecule has 172 valence electrons. The van der Waals surface area contributed by atoms with E-state index in [1.807, 2.05) is 39.0 Å². The Balaban J connectivity index is 1.61. The molecule has 0 fully saturated rings. The van der Waals surface area contributed by atoms with Gasteiger partial charge in [0.2, 0.25) is 0 Å². The van der Waals surface area contributed by atoms with E-state index in [2.05, 4.69) is 5.32 Å². The second-order valence-electron chi connectivity index (χ2n) is 8.43. The first-order chi connectivity index (χ1) is 15.7. The highest BCUT2D eigenvalue weighted by Gasteiger charge is 2.29. The van der Waals surface area contributed by atoms with Crippen LogP contribution in [-0.2, 0) is 16.4 Å². The number of hydrogen-bond acceptors (Lipinski definition) is 4. The second-order valence-corrected chi connectivity index (χ2v) is 10.3. The van der Waals surface area contributed by atoms with Crippen molar-refractivity contribution in [2.45, 2.75) is 38.5 Å². The third kappa shape index (κ3) is 4.46. The summed E-state index contributed by atoms with van der Waals surface area (Å²) in [7, 11) is -2.16. The molecule has 3 aromatic carbocycles. The number of hydrogen-bond donors (Lipinski definition) is 1. The van der Waals surface area contributed by atoms with E-state index in [0.29, 0.717) is 35.7 Å². The molecule has 1 amide bonds. The molecule has 1 heterocycles. The number of carbonyl (C=O) groups is 1. The number of amides is 1. The maximum Gasteiger partial charge on any atom is 0.264 e. The molecule has 33 heavy (non-hydrogen) atoms. The minimum atomic E-state index is -3.70. The van der Waals surface area contributed by atoms with Crippen LogP contribution in [0.5, 0.6) is 5.75 Å². The van der Waals surface area contributed by atoms with E-state index >= 15 is 0 Å². The highest BCUT2D eigenvalue weighted by atomic mass is 32.2. The highest BCUT2D eigenvalue weighted by molar-refractivity contribution is 7.92. The van der Waals surface area contributed by atoms with Gasteiger partial charge in [-0.3, -0.25) is 9.10 Å². The van der Waals surface area contributed by atoms with Crippen LogP contribution in [0.15, 0.2) is 59.5 Å². The molecule has 0 bridgehead atoms. The van der Waals surface area contributed by atoms with Crippen molar-refractivity contribution in [1.82, 2.24) is 0 Å². The third-order valence-electron chi connectivity index (χ3n) is 5.96. The number of carbonyl (C=O) groups excluding carboxylic acids is 1. The van der Waals surface area contributed by atoms with Gasteiger partial charge in [0.05, 0.1) is 17.7 Å². The number of nitrogens with one attached hydrogen (secondary N) is 1. The van der Waals surface area contributed by atoms with Crippen molar-refractivity contribution in [3.05, 3.63) is 82.4 Å². The molecule has 0 saturated heterocycles. The third-order valence-corrected chi connectivity index (χ3v) is 7.79. The molecule has 0 atom stereocenters. The Hall–Kier alpha value is -3.32. The molecule has 0 unspecified atom stereocenters. The van der Waals surface area contributed by atoms with Gasteiger partial charge in [-0.25, -0.2) is 8.42 Å². The summed E-state index contributed by atoms with van der Waals surface area (Å²) in [6.45, 7) is 6.29. The molecule has 0 saturated carbocycles. The van der Waals surface area contributed by atoms with Gasteiger partial charge in [0.1, 0.15) is 5.75 Å². The molecular weight excluding hydrogens is 436 g/mol. The van der Waals surface area contributed by atoms with Gasteiger partial charge in [0.25, 0.3) is 15.9 Å². The fourth-order valence-corrected chi connectivity index (χ4v) is 6.04. The molecule has 6 nitrogen and oxygen atoms in total. The largest absolute Gasteiger partial charge is 0.497 e. The van der Waals surface area contributed by atoms with Crippen LogP contribution in [0.3, 0.4) is 0 Å². The lowest BCUT2D eigenvalue weighted by Gasteiger charge is -2.31. The number of fused-ring (bicyclic) bond motifs is 1. The number of ether oxygens (including phenoxy) is 1.